The lowest BCUT2D eigenvalue weighted by molar-refractivity contribution is 0.275. The molecular formula is C11H10O3. The average Bonchev–Trinajstić information content (AvgIpc) is 2.20. The summed E-state index contributed by atoms with van der Waals surface area (Å²) in [7, 11) is 0. The predicted molar refractivity (Wildman–Crippen MR) is 53.2 cm³/mol. The van der Waals surface area contributed by atoms with Gasteiger partial charge in [-0.1, -0.05) is 24.3 Å². The van der Waals surface area contributed by atoms with E-state index in [1.54, 1.807) is 6.07 Å². The van der Waals surface area contributed by atoms with Crippen molar-refractivity contribution >= 4 is 10.8 Å². The van der Waals surface area contributed by atoms with Crippen LogP contribution in [0.2, 0.25) is 0 Å². The van der Waals surface area contributed by atoms with Crippen molar-refractivity contribution in [1.29, 1.82) is 0 Å². The van der Waals surface area contributed by atoms with Gasteiger partial charge < -0.3 is 15.3 Å². The van der Waals surface area contributed by atoms with Crippen LogP contribution in [0.4, 0.5) is 0 Å². The summed E-state index contributed by atoms with van der Waals surface area (Å²) in [6, 6.07) is 8.73. The van der Waals surface area contributed by atoms with Crippen LogP contribution in [0.25, 0.3) is 10.8 Å². The molecule has 0 fully saturated rings. The third kappa shape index (κ3) is 1.18. The number of fused-ring (bicyclic) bond motifs is 1. The number of aromatic hydroxyl groups is 2. The van der Waals surface area contributed by atoms with Gasteiger partial charge in [-0.3, -0.25) is 0 Å². The Morgan fingerprint density at radius 3 is 2.50 bits per heavy atom. The first kappa shape index (κ1) is 8.84. The third-order valence-electron chi connectivity index (χ3n) is 2.26. The molecule has 14 heavy (non-hydrogen) atoms. The zero-order valence-electron chi connectivity index (χ0n) is 7.44. The summed E-state index contributed by atoms with van der Waals surface area (Å²) >= 11 is 0. The molecule has 0 aliphatic carbocycles. The summed E-state index contributed by atoms with van der Waals surface area (Å²) in [6.07, 6.45) is 0. The zero-order chi connectivity index (χ0) is 10.1. The fourth-order valence-corrected chi connectivity index (χ4v) is 1.56. The second kappa shape index (κ2) is 3.20. The number of aliphatic hydroxyl groups is 1. The molecule has 0 amide bonds. The standard InChI is InChI=1S/C11H10O3/c12-6-9-8-4-2-1-3-7(8)5-10(13)11(9)14/h1-5,12-14H,6H2. The minimum Gasteiger partial charge on any atom is -0.504 e. The summed E-state index contributed by atoms with van der Waals surface area (Å²) in [6.45, 7) is -0.291. The van der Waals surface area contributed by atoms with E-state index in [1.807, 2.05) is 18.2 Å². The zero-order valence-corrected chi connectivity index (χ0v) is 7.44. The van der Waals surface area contributed by atoms with Crippen molar-refractivity contribution in [2.24, 2.45) is 0 Å². The molecule has 2 aromatic carbocycles. The minimum atomic E-state index is -0.291. The largest absolute Gasteiger partial charge is 0.504 e. The lowest BCUT2D eigenvalue weighted by Crippen LogP contribution is -1.87. The van der Waals surface area contributed by atoms with E-state index in [4.69, 9.17) is 5.11 Å². The van der Waals surface area contributed by atoms with Crippen LogP contribution < -0.4 is 0 Å². The van der Waals surface area contributed by atoms with Crippen molar-refractivity contribution < 1.29 is 15.3 Å². The van der Waals surface area contributed by atoms with Gasteiger partial charge in [-0.05, 0) is 16.8 Å². The van der Waals surface area contributed by atoms with Crippen LogP contribution in [-0.4, -0.2) is 15.3 Å². The molecule has 0 radical (unpaired) electrons. The molecule has 0 unspecified atom stereocenters. The Morgan fingerprint density at radius 1 is 1.07 bits per heavy atom. The van der Waals surface area contributed by atoms with Crippen molar-refractivity contribution in [3.05, 3.63) is 35.9 Å². The normalized spacial score (nSPS) is 10.6. The Hall–Kier alpha value is -1.74. The van der Waals surface area contributed by atoms with Gasteiger partial charge in [0.2, 0.25) is 0 Å². The Balaban J connectivity index is 2.89. The Bertz CT molecular complexity index is 477. The fraction of sp³-hybridized carbons (Fsp3) is 0.0909. The van der Waals surface area contributed by atoms with Gasteiger partial charge in [0.05, 0.1) is 6.61 Å². The van der Waals surface area contributed by atoms with Gasteiger partial charge >= 0.3 is 0 Å². The quantitative estimate of drug-likeness (QED) is 0.600. The van der Waals surface area contributed by atoms with E-state index < -0.39 is 0 Å². The molecule has 0 saturated carbocycles. The second-order valence-electron chi connectivity index (χ2n) is 3.10. The summed E-state index contributed by atoms with van der Waals surface area (Å²) in [5.74, 6) is -0.445. The molecule has 3 N–H and O–H groups in total. The van der Waals surface area contributed by atoms with E-state index in [2.05, 4.69) is 0 Å². The van der Waals surface area contributed by atoms with Gasteiger partial charge in [-0.25, -0.2) is 0 Å². The third-order valence-corrected chi connectivity index (χ3v) is 2.26. The maximum absolute atomic E-state index is 9.49. The molecule has 2 rings (SSSR count). The predicted octanol–water partition coefficient (Wildman–Crippen LogP) is 1.74. The molecule has 3 heteroatoms. The Kier molecular flexibility index (Phi) is 2.02. The van der Waals surface area contributed by atoms with Gasteiger partial charge in [0.15, 0.2) is 11.5 Å². The average molecular weight is 190 g/mol. The highest BCUT2D eigenvalue weighted by atomic mass is 16.3. The SMILES string of the molecule is OCc1c(O)c(O)cc2ccccc12. The van der Waals surface area contributed by atoms with Crippen molar-refractivity contribution in [3.63, 3.8) is 0 Å². The summed E-state index contributed by atoms with van der Waals surface area (Å²) < 4.78 is 0. The van der Waals surface area contributed by atoms with Crippen molar-refractivity contribution in [1.82, 2.24) is 0 Å². The smallest absolute Gasteiger partial charge is 0.163 e. The molecule has 3 nitrogen and oxygen atoms in total. The maximum Gasteiger partial charge on any atom is 0.163 e. The molecule has 0 spiro atoms. The maximum atomic E-state index is 9.49. The summed E-state index contributed by atoms with van der Waals surface area (Å²) in [4.78, 5) is 0. The molecular weight excluding hydrogens is 180 g/mol. The van der Waals surface area contributed by atoms with E-state index in [1.165, 1.54) is 6.07 Å². The number of rotatable bonds is 1. The van der Waals surface area contributed by atoms with Crippen LogP contribution in [-0.2, 0) is 6.61 Å². The molecule has 0 bridgehead atoms. The highest BCUT2D eigenvalue weighted by Gasteiger charge is 2.10. The number of phenols is 2. The van der Waals surface area contributed by atoms with E-state index in [0.29, 0.717) is 5.56 Å². The van der Waals surface area contributed by atoms with Crippen LogP contribution in [0.5, 0.6) is 11.5 Å². The van der Waals surface area contributed by atoms with Crippen molar-refractivity contribution in [3.8, 4) is 11.5 Å². The van der Waals surface area contributed by atoms with Gasteiger partial charge in [-0.2, -0.15) is 0 Å². The first-order chi connectivity index (χ1) is 6.74. The monoisotopic (exact) mass is 190 g/mol. The van der Waals surface area contributed by atoms with Crippen molar-refractivity contribution in [2.75, 3.05) is 0 Å². The Morgan fingerprint density at radius 2 is 1.79 bits per heavy atom. The molecule has 0 atom stereocenters. The molecule has 0 aromatic heterocycles. The van der Waals surface area contributed by atoms with E-state index in [9.17, 15) is 10.2 Å². The highest BCUT2D eigenvalue weighted by molar-refractivity contribution is 5.89. The number of aliphatic hydroxyl groups excluding tert-OH is 1. The molecule has 0 aliphatic heterocycles. The summed E-state index contributed by atoms with van der Waals surface area (Å²) in [5, 5.41) is 29.5. The lowest BCUT2D eigenvalue weighted by atomic mass is 10.0. The molecule has 0 heterocycles. The molecule has 0 aliphatic rings. The minimum absolute atomic E-state index is 0.201. The van der Waals surface area contributed by atoms with Gasteiger partial charge in [0.25, 0.3) is 0 Å². The molecule has 0 saturated heterocycles. The number of hydrogen-bond acceptors (Lipinski definition) is 3. The number of phenolic OH excluding ortho intramolecular Hbond substituents is 1. The summed E-state index contributed by atoms with van der Waals surface area (Å²) in [5.41, 5.74) is 0.362. The lowest BCUT2D eigenvalue weighted by Gasteiger charge is -2.07. The Labute approximate surface area is 80.9 Å². The van der Waals surface area contributed by atoms with E-state index >= 15 is 0 Å². The van der Waals surface area contributed by atoms with Gasteiger partial charge in [0.1, 0.15) is 0 Å². The van der Waals surface area contributed by atoms with Crippen molar-refractivity contribution in [2.45, 2.75) is 6.61 Å². The first-order valence-corrected chi connectivity index (χ1v) is 4.27. The second-order valence-corrected chi connectivity index (χ2v) is 3.10. The van der Waals surface area contributed by atoms with Gasteiger partial charge in [0, 0.05) is 5.56 Å². The van der Waals surface area contributed by atoms with Gasteiger partial charge in [-0.15, -0.1) is 0 Å². The first-order valence-electron chi connectivity index (χ1n) is 4.27. The molecule has 2 aromatic rings. The number of benzene rings is 2. The van der Waals surface area contributed by atoms with Crippen LogP contribution in [0.1, 0.15) is 5.56 Å². The van der Waals surface area contributed by atoms with E-state index in [0.717, 1.165) is 10.8 Å². The number of hydrogen-bond donors (Lipinski definition) is 3. The van der Waals surface area contributed by atoms with Crippen LogP contribution >= 0.6 is 0 Å². The van der Waals surface area contributed by atoms with Crippen LogP contribution in [0, 0.1) is 0 Å². The fourth-order valence-electron chi connectivity index (χ4n) is 1.56. The van der Waals surface area contributed by atoms with E-state index in [-0.39, 0.29) is 18.1 Å². The van der Waals surface area contributed by atoms with Crippen LogP contribution in [0.15, 0.2) is 30.3 Å². The highest BCUT2D eigenvalue weighted by Crippen LogP contribution is 2.35. The van der Waals surface area contributed by atoms with Crippen LogP contribution in [0.3, 0.4) is 0 Å². The topological polar surface area (TPSA) is 60.7 Å². The molecule has 72 valence electrons.